The van der Waals surface area contributed by atoms with E-state index in [1.54, 1.807) is 0 Å². The van der Waals surface area contributed by atoms with Gasteiger partial charge in [-0.3, -0.25) is 24.4 Å². The third-order valence-corrected chi connectivity index (χ3v) is 2.84. The molecule has 10 nitrogen and oxygen atoms in total. The number of rotatable bonds is 6. The van der Waals surface area contributed by atoms with E-state index >= 15 is 0 Å². The summed E-state index contributed by atoms with van der Waals surface area (Å²) in [5.74, 6) is -1.50. The summed E-state index contributed by atoms with van der Waals surface area (Å²) >= 11 is 0. The number of hydrogen-bond donors (Lipinski definition) is 2. The molecule has 1 aromatic carbocycles. The van der Waals surface area contributed by atoms with Gasteiger partial charge in [0.2, 0.25) is 0 Å². The fraction of sp³-hybridized carbons (Fsp3) is 0.154. The topological polar surface area (TPSA) is 137 Å². The fourth-order valence-corrected chi connectivity index (χ4v) is 1.80. The third-order valence-electron chi connectivity index (χ3n) is 2.84. The van der Waals surface area contributed by atoms with Crippen molar-refractivity contribution in [1.82, 2.24) is 9.78 Å². The van der Waals surface area contributed by atoms with Crippen molar-refractivity contribution in [3.05, 3.63) is 46.3 Å². The average Bonchev–Trinajstić information content (AvgIpc) is 2.95. The minimum Gasteiger partial charge on any atom is -0.494 e. The molecular formula is C13H12N4O6. The van der Waals surface area contributed by atoms with Crippen molar-refractivity contribution in [3.63, 3.8) is 0 Å². The summed E-state index contributed by atoms with van der Waals surface area (Å²) in [6.07, 6.45) is 2.50. The number of aliphatic carboxylic acids is 1. The molecule has 0 unspecified atom stereocenters. The Morgan fingerprint density at radius 3 is 2.83 bits per heavy atom. The standard InChI is InChI=1S/C13H12N4O6/c1-23-11-4-9(17(21)22)2-3-10(11)15-13(20)8-5-14-16(6-8)7-12(18)19/h2-6H,7H2,1H3,(H,15,20)(H,18,19). The van der Waals surface area contributed by atoms with Gasteiger partial charge < -0.3 is 15.2 Å². The normalized spacial score (nSPS) is 10.1. The molecule has 0 atom stereocenters. The zero-order valence-corrected chi connectivity index (χ0v) is 11.9. The number of nitrogens with one attached hydrogen (secondary N) is 1. The number of anilines is 1. The van der Waals surface area contributed by atoms with Crippen molar-refractivity contribution in [1.29, 1.82) is 0 Å². The largest absolute Gasteiger partial charge is 0.494 e. The third kappa shape index (κ3) is 3.81. The molecule has 0 aliphatic heterocycles. The number of benzene rings is 1. The predicted molar refractivity (Wildman–Crippen MR) is 77.5 cm³/mol. The Hall–Kier alpha value is -3.43. The highest BCUT2D eigenvalue weighted by molar-refractivity contribution is 6.04. The van der Waals surface area contributed by atoms with Crippen molar-refractivity contribution in [2.45, 2.75) is 6.54 Å². The number of nitro groups is 1. The zero-order chi connectivity index (χ0) is 17.0. The number of amides is 1. The summed E-state index contributed by atoms with van der Waals surface area (Å²) < 4.78 is 6.11. The molecule has 2 aromatic rings. The molecule has 1 amide bonds. The van der Waals surface area contributed by atoms with Gasteiger partial charge in [0.1, 0.15) is 12.3 Å². The Morgan fingerprint density at radius 2 is 2.22 bits per heavy atom. The van der Waals surface area contributed by atoms with Gasteiger partial charge in [-0.2, -0.15) is 5.10 Å². The van der Waals surface area contributed by atoms with Crippen LogP contribution in [0.1, 0.15) is 10.4 Å². The number of nitro benzene ring substituents is 1. The highest BCUT2D eigenvalue weighted by Gasteiger charge is 2.15. The number of ether oxygens (including phenoxy) is 1. The van der Waals surface area contributed by atoms with Crippen molar-refractivity contribution in [2.75, 3.05) is 12.4 Å². The van der Waals surface area contributed by atoms with Crippen LogP contribution in [0.5, 0.6) is 5.75 Å². The summed E-state index contributed by atoms with van der Waals surface area (Å²) in [6.45, 7) is -0.367. The second kappa shape index (κ2) is 6.56. The van der Waals surface area contributed by atoms with E-state index in [0.29, 0.717) is 0 Å². The molecule has 2 N–H and O–H groups in total. The predicted octanol–water partition coefficient (Wildman–Crippen LogP) is 1.14. The van der Waals surface area contributed by atoms with Crippen LogP contribution in [-0.4, -0.2) is 38.8 Å². The summed E-state index contributed by atoms with van der Waals surface area (Å²) in [4.78, 5) is 32.8. The first-order chi connectivity index (χ1) is 10.9. The quantitative estimate of drug-likeness (QED) is 0.601. The molecule has 0 saturated carbocycles. The molecule has 0 saturated heterocycles. The van der Waals surface area contributed by atoms with Crippen LogP contribution in [0.3, 0.4) is 0 Å². The SMILES string of the molecule is COc1cc([N+](=O)[O-])ccc1NC(=O)c1cnn(CC(=O)O)c1. The van der Waals surface area contributed by atoms with E-state index < -0.39 is 16.8 Å². The van der Waals surface area contributed by atoms with Crippen molar-refractivity contribution >= 4 is 23.3 Å². The van der Waals surface area contributed by atoms with E-state index in [0.717, 1.165) is 4.68 Å². The van der Waals surface area contributed by atoms with E-state index in [1.165, 1.54) is 37.7 Å². The lowest BCUT2D eigenvalue weighted by Crippen LogP contribution is -2.13. The molecule has 120 valence electrons. The number of carbonyl (C=O) groups is 2. The Kier molecular flexibility index (Phi) is 4.55. The molecule has 1 heterocycles. The number of aromatic nitrogens is 2. The molecule has 0 aliphatic carbocycles. The van der Waals surface area contributed by atoms with Gasteiger partial charge in [0, 0.05) is 12.3 Å². The first-order valence-corrected chi connectivity index (χ1v) is 6.28. The summed E-state index contributed by atoms with van der Waals surface area (Å²) in [5.41, 5.74) is 0.217. The minimum atomic E-state index is -1.09. The molecule has 0 fully saturated rings. The number of methoxy groups -OCH3 is 1. The van der Waals surface area contributed by atoms with Gasteiger partial charge in [-0.15, -0.1) is 0 Å². The second-order valence-electron chi connectivity index (χ2n) is 4.42. The number of nitrogens with zero attached hydrogens (tertiary/aromatic N) is 3. The lowest BCUT2D eigenvalue weighted by molar-refractivity contribution is -0.384. The smallest absolute Gasteiger partial charge is 0.325 e. The summed E-state index contributed by atoms with van der Waals surface area (Å²) in [5, 5.41) is 25.7. The van der Waals surface area contributed by atoms with Crippen molar-refractivity contribution in [3.8, 4) is 5.75 Å². The molecule has 1 aromatic heterocycles. The average molecular weight is 320 g/mol. The number of carboxylic acids is 1. The molecule has 23 heavy (non-hydrogen) atoms. The Balaban J connectivity index is 2.18. The van der Waals surface area contributed by atoms with Crippen LogP contribution in [0.4, 0.5) is 11.4 Å². The first-order valence-electron chi connectivity index (χ1n) is 6.28. The summed E-state index contributed by atoms with van der Waals surface area (Å²) in [6, 6.07) is 3.76. The van der Waals surface area contributed by atoms with E-state index in [9.17, 15) is 19.7 Å². The van der Waals surface area contributed by atoms with E-state index in [4.69, 9.17) is 9.84 Å². The van der Waals surface area contributed by atoms with E-state index in [2.05, 4.69) is 10.4 Å². The van der Waals surface area contributed by atoms with Crippen LogP contribution in [0, 0.1) is 10.1 Å². The monoisotopic (exact) mass is 320 g/mol. The first kappa shape index (κ1) is 15.9. The Morgan fingerprint density at radius 1 is 1.48 bits per heavy atom. The van der Waals surface area contributed by atoms with E-state index in [1.807, 2.05) is 0 Å². The van der Waals surface area contributed by atoms with Crippen LogP contribution in [0.2, 0.25) is 0 Å². The highest BCUT2D eigenvalue weighted by Crippen LogP contribution is 2.29. The molecule has 0 radical (unpaired) electrons. The van der Waals surface area contributed by atoms with Crippen molar-refractivity contribution in [2.24, 2.45) is 0 Å². The highest BCUT2D eigenvalue weighted by atomic mass is 16.6. The van der Waals surface area contributed by atoms with Gasteiger partial charge >= 0.3 is 5.97 Å². The lowest BCUT2D eigenvalue weighted by atomic mass is 10.2. The number of non-ortho nitro benzene ring substituents is 1. The Labute approximate surface area is 129 Å². The van der Waals surface area contributed by atoms with Crippen LogP contribution in [-0.2, 0) is 11.3 Å². The maximum absolute atomic E-state index is 12.1. The molecule has 2 rings (SSSR count). The van der Waals surface area contributed by atoms with Gasteiger partial charge in [0.15, 0.2) is 0 Å². The van der Waals surface area contributed by atoms with Crippen LogP contribution in [0.25, 0.3) is 0 Å². The van der Waals surface area contributed by atoms with Gasteiger partial charge in [0.25, 0.3) is 11.6 Å². The fourth-order valence-electron chi connectivity index (χ4n) is 1.80. The van der Waals surface area contributed by atoms with Gasteiger partial charge in [-0.05, 0) is 6.07 Å². The molecule has 10 heteroatoms. The molecular weight excluding hydrogens is 308 g/mol. The second-order valence-corrected chi connectivity index (χ2v) is 4.42. The zero-order valence-electron chi connectivity index (χ0n) is 11.9. The number of carboxylic acid groups (broad SMARTS) is 1. The molecule has 0 spiro atoms. The molecule has 0 aliphatic rings. The van der Waals surface area contributed by atoms with E-state index in [-0.39, 0.29) is 29.2 Å². The van der Waals surface area contributed by atoms with Crippen molar-refractivity contribution < 1.29 is 24.4 Å². The van der Waals surface area contributed by atoms with Gasteiger partial charge in [-0.25, -0.2) is 0 Å². The van der Waals surface area contributed by atoms with Crippen LogP contribution < -0.4 is 10.1 Å². The van der Waals surface area contributed by atoms with Crippen LogP contribution >= 0.6 is 0 Å². The minimum absolute atomic E-state index is 0.130. The molecule has 0 bridgehead atoms. The Bertz CT molecular complexity index is 770. The number of carbonyl (C=O) groups excluding carboxylic acids is 1. The lowest BCUT2D eigenvalue weighted by Gasteiger charge is -2.09. The summed E-state index contributed by atoms with van der Waals surface area (Å²) in [7, 11) is 1.32. The maximum atomic E-state index is 12.1. The van der Waals surface area contributed by atoms with Crippen LogP contribution in [0.15, 0.2) is 30.6 Å². The van der Waals surface area contributed by atoms with Gasteiger partial charge in [-0.1, -0.05) is 0 Å². The number of hydrogen-bond acceptors (Lipinski definition) is 6. The maximum Gasteiger partial charge on any atom is 0.325 e. The van der Waals surface area contributed by atoms with Gasteiger partial charge in [0.05, 0.1) is 35.5 Å².